The molecule has 1 atom stereocenters. The number of aromatic nitrogens is 3. The zero-order valence-corrected chi connectivity index (χ0v) is 14.9. The van der Waals surface area contributed by atoms with Gasteiger partial charge in [-0.15, -0.1) is 0 Å². The summed E-state index contributed by atoms with van der Waals surface area (Å²) in [6, 6.07) is 3.92. The molecule has 138 valence electrons. The summed E-state index contributed by atoms with van der Waals surface area (Å²) in [5, 5.41) is 12.7. The maximum atomic E-state index is 9.26. The summed E-state index contributed by atoms with van der Waals surface area (Å²) in [6.45, 7) is 4.25. The Morgan fingerprint density at radius 3 is 3.04 bits per heavy atom. The van der Waals surface area contributed by atoms with Crippen LogP contribution in [-0.4, -0.2) is 65.6 Å². The number of hydrogen-bond donors (Lipinski definition) is 2. The molecule has 0 saturated carbocycles. The number of ether oxygens (including phenoxy) is 1. The minimum atomic E-state index is 0.0464. The third kappa shape index (κ3) is 3.70. The number of pyridine rings is 1. The third-order valence-electron chi connectivity index (χ3n) is 4.97. The third-order valence-corrected chi connectivity index (χ3v) is 4.97. The lowest BCUT2D eigenvalue weighted by molar-refractivity contribution is 0.0244. The Labute approximate surface area is 153 Å². The van der Waals surface area contributed by atoms with Crippen LogP contribution in [0.3, 0.4) is 0 Å². The van der Waals surface area contributed by atoms with E-state index >= 15 is 0 Å². The van der Waals surface area contributed by atoms with E-state index in [1.54, 1.807) is 6.20 Å². The molecule has 2 aliphatic heterocycles. The molecule has 7 nitrogen and oxygen atoms in total. The molecule has 2 aromatic heterocycles. The van der Waals surface area contributed by atoms with Gasteiger partial charge in [0, 0.05) is 56.2 Å². The monoisotopic (exact) mass is 355 g/mol. The number of rotatable bonds is 4. The zero-order valence-electron chi connectivity index (χ0n) is 14.9. The van der Waals surface area contributed by atoms with E-state index < -0.39 is 0 Å². The van der Waals surface area contributed by atoms with Crippen LogP contribution in [-0.2, 0) is 17.6 Å². The summed E-state index contributed by atoms with van der Waals surface area (Å²) in [5.74, 6) is 1.75. The molecule has 2 N–H and O–H groups in total. The number of morpholine rings is 1. The van der Waals surface area contributed by atoms with E-state index in [2.05, 4.69) is 15.2 Å². The van der Waals surface area contributed by atoms with Crippen LogP contribution in [0.15, 0.2) is 24.5 Å². The molecule has 0 bridgehead atoms. The van der Waals surface area contributed by atoms with E-state index in [4.69, 9.17) is 14.7 Å². The Hall–Kier alpha value is -2.09. The maximum Gasteiger partial charge on any atom is 0.163 e. The minimum absolute atomic E-state index is 0.0464. The lowest BCUT2D eigenvalue weighted by atomic mass is 10.1. The SMILES string of the molecule is OCC[C@H]1CN(c2nc(-c3cccnc3)nc3c2CCNCC3)CCO1. The molecule has 0 amide bonds. The van der Waals surface area contributed by atoms with Crippen molar-refractivity contribution in [3.8, 4) is 11.4 Å². The predicted molar refractivity (Wildman–Crippen MR) is 99.2 cm³/mol. The molecule has 0 spiro atoms. The number of fused-ring (bicyclic) bond motifs is 1. The van der Waals surface area contributed by atoms with Gasteiger partial charge >= 0.3 is 0 Å². The highest BCUT2D eigenvalue weighted by Crippen LogP contribution is 2.28. The second-order valence-electron chi connectivity index (χ2n) is 6.74. The highest BCUT2D eigenvalue weighted by atomic mass is 16.5. The number of hydrogen-bond acceptors (Lipinski definition) is 7. The molecule has 7 heteroatoms. The quantitative estimate of drug-likeness (QED) is 0.840. The molecule has 2 aliphatic rings. The van der Waals surface area contributed by atoms with Crippen LogP contribution in [0, 0.1) is 0 Å². The molecule has 0 radical (unpaired) electrons. The molecule has 4 heterocycles. The number of nitrogens with one attached hydrogen (secondary N) is 1. The van der Waals surface area contributed by atoms with Crippen molar-refractivity contribution in [1.29, 1.82) is 0 Å². The molecular weight excluding hydrogens is 330 g/mol. The standard InChI is InChI=1S/C19H25N5O2/c25-10-5-15-13-24(9-11-26-15)19-16-3-7-20-8-4-17(16)22-18(23-19)14-2-1-6-21-12-14/h1-2,6,12,15,20,25H,3-5,7-11,13H2/t15-/m0/s1. The van der Waals surface area contributed by atoms with Gasteiger partial charge in [0.2, 0.25) is 0 Å². The molecule has 1 fully saturated rings. The molecular formula is C19H25N5O2. The Morgan fingerprint density at radius 2 is 2.19 bits per heavy atom. The van der Waals surface area contributed by atoms with Crippen molar-refractivity contribution in [2.75, 3.05) is 44.3 Å². The smallest absolute Gasteiger partial charge is 0.163 e. The average Bonchev–Trinajstić information content (AvgIpc) is 2.94. The van der Waals surface area contributed by atoms with Gasteiger partial charge in [0.15, 0.2) is 5.82 Å². The van der Waals surface area contributed by atoms with Crippen molar-refractivity contribution in [2.24, 2.45) is 0 Å². The van der Waals surface area contributed by atoms with Gasteiger partial charge in [-0.3, -0.25) is 4.98 Å². The fraction of sp³-hybridized carbons (Fsp3) is 0.526. The fourth-order valence-electron chi connectivity index (χ4n) is 3.64. The molecule has 2 aromatic rings. The van der Waals surface area contributed by atoms with Crippen molar-refractivity contribution in [1.82, 2.24) is 20.3 Å². The molecule has 26 heavy (non-hydrogen) atoms. The maximum absolute atomic E-state index is 9.26. The van der Waals surface area contributed by atoms with Gasteiger partial charge in [0.1, 0.15) is 5.82 Å². The first-order valence-corrected chi connectivity index (χ1v) is 9.33. The van der Waals surface area contributed by atoms with E-state index in [1.165, 1.54) is 5.56 Å². The predicted octanol–water partition coefficient (Wildman–Crippen LogP) is 0.814. The first kappa shape index (κ1) is 17.3. The summed E-state index contributed by atoms with van der Waals surface area (Å²) in [4.78, 5) is 16.3. The van der Waals surface area contributed by atoms with Gasteiger partial charge in [-0.1, -0.05) is 0 Å². The van der Waals surface area contributed by atoms with Crippen molar-refractivity contribution >= 4 is 5.82 Å². The first-order chi connectivity index (χ1) is 12.8. The lowest BCUT2D eigenvalue weighted by Crippen LogP contribution is -2.44. The minimum Gasteiger partial charge on any atom is -0.396 e. The van der Waals surface area contributed by atoms with Crippen LogP contribution in [0.1, 0.15) is 17.7 Å². The number of anilines is 1. The van der Waals surface area contributed by atoms with E-state index in [-0.39, 0.29) is 12.7 Å². The zero-order chi connectivity index (χ0) is 17.8. The van der Waals surface area contributed by atoms with Crippen molar-refractivity contribution in [3.63, 3.8) is 0 Å². The largest absolute Gasteiger partial charge is 0.396 e. The van der Waals surface area contributed by atoms with Gasteiger partial charge in [-0.05, 0) is 31.5 Å². The summed E-state index contributed by atoms with van der Waals surface area (Å²) < 4.78 is 5.79. The number of aliphatic hydroxyl groups is 1. The van der Waals surface area contributed by atoms with Gasteiger partial charge < -0.3 is 20.1 Å². The second-order valence-corrected chi connectivity index (χ2v) is 6.74. The molecule has 4 rings (SSSR count). The molecule has 0 unspecified atom stereocenters. The highest BCUT2D eigenvalue weighted by Gasteiger charge is 2.26. The molecule has 1 saturated heterocycles. The van der Waals surface area contributed by atoms with Crippen molar-refractivity contribution in [3.05, 3.63) is 35.8 Å². The summed E-state index contributed by atoms with van der Waals surface area (Å²) in [7, 11) is 0. The van der Waals surface area contributed by atoms with Crippen molar-refractivity contribution in [2.45, 2.75) is 25.4 Å². The van der Waals surface area contributed by atoms with Crippen LogP contribution in [0.2, 0.25) is 0 Å². The van der Waals surface area contributed by atoms with Crippen LogP contribution in [0.5, 0.6) is 0 Å². The number of aliphatic hydroxyl groups excluding tert-OH is 1. The van der Waals surface area contributed by atoms with Crippen LogP contribution in [0.25, 0.3) is 11.4 Å². The van der Waals surface area contributed by atoms with Gasteiger partial charge in [0.25, 0.3) is 0 Å². The Balaban J connectivity index is 1.74. The van der Waals surface area contributed by atoms with E-state index in [0.29, 0.717) is 13.0 Å². The summed E-state index contributed by atoms with van der Waals surface area (Å²) in [5.41, 5.74) is 3.31. The second kappa shape index (κ2) is 8.07. The highest BCUT2D eigenvalue weighted by molar-refractivity contribution is 5.60. The Morgan fingerprint density at radius 1 is 1.27 bits per heavy atom. The van der Waals surface area contributed by atoms with Crippen LogP contribution >= 0.6 is 0 Å². The number of nitrogens with zero attached hydrogens (tertiary/aromatic N) is 4. The Bertz CT molecular complexity index is 738. The Kier molecular flexibility index (Phi) is 5.38. The summed E-state index contributed by atoms with van der Waals surface area (Å²) >= 11 is 0. The average molecular weight is 355 g/mol. The summed E-state index contributed by atoms with van der Waals surface area (Å²) in [6.07, 6.45) is 6.11. The van der Waals surface area contributed by atoms with Crippen molar-refractivity contribution < 1.29 is 9.84 Å². The fourth-order valence-corrected chi connectivity index (χ4v) is 3.64. The normalized spacial score (nSPS) is 20.5. The van der Waals surface area contributed by atoms with Crippen LogP contribution < -0.4 is 10.2 Å². The van der Waals surface area contributed by atoms with E-state index in [9.17, 15) is 5.11 Å². The van der Waals surface area contributed by atoms with Gasteiger partial charge in [-0.2, -0.15) is 0 Å². The van der Waals surface area contributed by atoms with Crippen LogP contribution in [0.4, 0.5) is 5.82 Å². The topological polar surface area (TPSA) is 83.4 Å². The molecule has 0 aliphatic carbocycles. The van der Waals surface area contributed by atoms with E-state index in [0.717, 1.165) is 61.9 Å². The van der Waals surface area contributed by atoms with Gasteiger partial charge in [0.05, 0.1) is 18.4 Å². The van der Waals surface area contributed by atoms with Gasteiger partial charge in [-0.25, -0.2) is 9.97 Å². The van der Waals surface area contributed by atoms with E-state index in [1.807, 2.05) is 18.3 Å². The first-order valence-electron chi connectivity index (χ1n) is 9.33. The molecule has 0 aromatic carbocycles. The lowest BCUT2D eigenvalue weighted by Gasteiger charge is -2.35.